The van der Waals surface area contributed by atoms with Crippen LogP contribution in [0.5, 0.6) is 0 Å². The van der Waals surface area contributed by atoms with Gasteiger partial charge in [-0.3, -0.25) is 19.7 Å². The van der Waals surface area contributed by atoms with Crippen LogP contribution in [0.25, 0.3) is 0 Å². The highest BCUT2D eigenvalue weighted by molar-refractivity contribution is 7.98. The Morgan fingerprint density at radius 1 is 1.21 bits per heavy atom. The fraction of sp³-hybridized carbons (Fsp3) is 0.526. The first-order valence-corrected chi connectivity index (χ1v) is 10.8. The van der Waals surface area contributed by atoms with Gasteiger partial charge in [0.2, 0.25) is 0 Å². The average molecular weight is 507 g/mol. The quantitative estimate of drug-likeness (QED) is 0.104. The first-order chi connectivity index (χ1) is 15.6. The second kappa shape index (κ2) is 14.1. The molecule has 0 saturated carbocycles. The van der Waals surface area contributed by atoms with Crippen molar-refractivity contribution in [3.05, 3.63) is 45.8 Å². The maximum atomic E-state index is 10.3. The minimum Gasteiger partial charge on any atom is -0.481 e. The molecule has 1 atom stereocenters. The van der Waals surface area contributed by atoms with E-state index in [1.807, 2.05) is 26.2 Å². The van der Waals surface area contributed by atoms with Crippen LogP contribution < -0.4 is 5.73 Å². The van der Waals surface area contributed by atoms with Gasteiger partial charge in [-0.2, -0.15) is 11.8 Å². The standard InChI is InChI=1S/C13H22N4O3S.C6H8O7/c1-15(2)8-11-4-5-12(20-11)10-21-7-6-16(3)13(14)9-17(18)19;1-6(13,5(11)12)2(3(7)8)4(9)10/h4-5,9H,6-8,10,14H2,1-3H3;2,13H,1H3,(H,7,8)(H,9,10)(H,11,12). The van der Waals surface area contributed by atoms with E-state index in [1.54, 1.807) is 23.7 Å². The van der Waals surface area contributed by atoms with Crippen LogP contribution in [-0.2, 0) is 26.7 Å². The summed E-state index contributed by atoms with van der Waals surface area (Å²) in [5, 5.41) is 44.3. The van der Waals surface area contributed by atoms with Crippen molar-refractivity contribution in [2.24, 2.45) is 11.7 Å². The highest BCUT2D eigenvalue weighted by Crippen LogP contribution is 2.18. The summed E-state index contributed by atoms with van der Waals surface area (Å²) in [6.07, 6.45) is 0.810. The number of aliphatic carboxylic acids is 3. The van der Waals surface area contributed by atoms with Crippen LogP contribution in [0.3, 0.4) is 0 Å². The normalized spacial score (nSPS) is 13.1. The molecule has 1 unspecified atom stereocenters. The highest BCUT2D eigenvalue weighted by atomic mass is 32.2. The molecule has 0 fully saturated rings. The Labute approximate surface area is 199 Å². The Bertz CT molecular complexity index is 870. The van der Waals surface area contributed by atoms with Crippen molar-refractivity contribution in [1.82, 2.24) is 9.80 Å². The second-order valence-electron chi connectivity index (χ2n) is 7.48. The molecular formula is C19H30N4O10S. The lowest BCUT2D eigenvalue weighted by Gasteiger charge is -2.21. The largest absolute Gasteiger partial charge is 0.481 e. The van der Waals surface area contributed by atoms with E-state index in [-0.39, 0.29) is 5.82 Å². The van der Waals surface area contributed by atoms with E-state index in [0.29, 0.717) is 13.5 Å². The molecule has 0 aliphatic rings. The summed E-state index contributed by atoms with van der Waals surface area (Å²) in [6.45, 7) is 2.05. The molecule has 0 spiro atoms. The van der Waals surface area contributed by atoms with Crippen molar-refractivity contribution in [3.63, 3.8) is 0 Å². The molecule has 0 bridgehead atoms. The lowest BCUT2D eigenvalue weighted by atomic mass is 9.89. The molecule has 0 aromatic carbocycles. The maximum Gasteiger partial charge on any atom is 0.336 e. The number of hydrogen-bond acceptors (Lipinski definition) is 11. The van der Waals surface area contributed by atoms with Crippen molar-refractivity contribution >= 4 is 29.7 Å². The molecule has 1 rings (SSSR count). The lowest BCUT2D eigenvalue weighted by Crippen LogP contribution is -2.50. The number of carboxylic acid groups (broad SMARTS) is 3. The van der Waals surface area contributed by atoms with Gasteiger partial charge in [-0.25, -0.2) is 4.79 Å². The number of carboxylic acids is 3. The zero-order valence-corrected chi connectivity index (χ0v) is 20.0. The molecule has 0 aliphatic carbocycles. The van der Waals surface area contributed by atoms with E-state index in [9.17, 15) is 24.5 Å². The molecule has 0 saturated heterocycles. The number of nitrogens with two attached hydrogens (primary N) is 1. The van der Waals surface area contributed by atoms with Gasteiger partial charge in [0.05, 0.1) is 17.2 Å². The van der Waals surface area contributed by atoms with E-state index in [1.165, 1.54) is 0 Å². The molecule has 1 aromatic rings. The number of nitro groups is 1. The number of nitrogens with zero attached hydrogens (tertiary/aromatic N) is 3. The highest BCUT2D eigenvalue weighted by Gasteiger charge is 2.49. The molecular weight excluding hydrogens is 476 g/mol. The molecule has 1 heterocycles. The van der Waals surface area contributed by atoms with Crippen LogP contribution in [0.1, 0.15) is 18.4 Å². The number of carbonyl (C=O) groups is 3. The number of rotatable bonds is 13. The molecule has 14 nitrogen and oxygen atoms in total. The van der Waals surface area contributed by atoms with Gasteiger partial charge < -0.3 is 40.4 Å². The Hall–Kier alpha value is -3.30. The zero-order chi connectivity index (χ0) is 26.6. The Balaban J connectivity index is 0.000000722. The third kappa shape index (κ3) is 11.0. The fourth-order valence-corrected chi connectivity index (χ4v) is 3.22. The van der Waals surface area contributed by atoms with Crippen LogP contribution in [0.15, 0.2) is 28.6 Å². The van der Waals surface area contributed by atoms with Crippen LogP contribution in [0.4, 0.5) is 0 Å². The van der Waals surface area contributed by atoms with E-state index in [2.05, 4.69) is 4.90 Å². The number of furan rings is 1. The summed E-state index contributed by atoms with van der Waals surface area (Å²) >= 11 is 1.70. The average Bonchev–Trinajstić information content (AvgIpc) is 3.10. The van der Waals surface area contributed by atoms with Crippen LogP contribution >= 0.6 is 11.8 Å². The first kappa shape index (κ1) is 30.7. The number of hydrogen-bond donors (Lipinski definition) is 5. The van der Waals surface area contributed by atoms with Gasteiger partial charge in [0.1, 0.15) is 11.5 Å². The topological polar surface area (TPSA) is 221 Å². The Morgan fingerprint density at radius 2 is 1.74 bits per heavy atom. The molecule has 34 heavy (non-hydrogen) atoms. The Kier molecular flexibility index (Phi) is 12.7. The third-order valence-corrected chi connectivity index (χ3v) is 5.13. The SMILES string of the molecule is CC(O)(C(=O)O)C(C(=O)O)C(=O)O.CN(C)Cc1ccc(CSCCN(C)C(N)=C[N+](=O)[O-])o1. The third-order valence-electron chi connectivity index (χ3n) is 4.17. The van der Waals surface area contributed by atoms with Crippen molar-refractivity contribution < 1.29 is 44.2 Å². The Morgan fingerprint density at radius 3 is 2.15 bits per heavy atom. The summed E-state index contributed by atoms with van der Waals surface area (Å²) in [7, 11) is 5.73. The van der Waals surface area contributed by atoms with Crippen LogP contribution in [0.2, 0.25) is 0 Å². The van der Waals surface area contributed by atoms with Gasteiger partial charge in [-0.1, -0.05) is 0 Å². The summed E-state index contributed by atoms with van der Waals surface area (Å²) < 4.78 is 5.70. The van der Waals surface area contributed by atoms with Gasteiger partial charge in [0.15, 0.2) is 17.3 Å². The van der Waals surface area contributed by atoms with Gasteiger partial charge in [-0.15, -0.1) is 0 Å². The van der Waals surface area contributed by atoms with Gasteiger partial charge in [0, 0.05) is 19.3 Å². The van der Waals surface area contributed by atoms with Crippen molar-refractivity contribution in [3.8, 4) is 0 Å². The van der Waals surface area contributed by atoms with E-state index < -0.39 is 34.4 Å². The van der Waals surface area contributed by atoms with Gasteiger partial charge in [-0.05, 0) is 33.2 Å². The molecule has 15 heteroatoms. The van der Waals surface area contributed by atoms with E-state index in [0.717, 1.165) is 35.8 Å². The van der Waals surface area contributed by atoms with Crippen molar-refractivity contribution in [2.45, 2.75) is 24.8 Å². The number of aliphatic hydroxyl groups is 1. The summed E-state index contributed by atoms with van der Waals surface area (Å²) in [5.74, 6) is -4.45. The molecule has 0 amide bonds. The molecule has 0 aliphatic heterocycles. The minimum absolute atomic E-state index is 0.159. The number of thioether (sulfide) groups is 1. The van der Waals surface area contributed by atoms with E-state index in [4.69, 9.17) is 30.6 Å². The van der Waals surface area contributed by atoms with Gasteiger partial charge >= 0.3 is 17.9 Å². The van der Waals surface area contributed by atoms with E-state index >= 15 is 0 Å². The minimum atomic E-state index is -2.82. The smallest absolute Gasteiger partial charge is 0.336 e. The first-order valence-electron chi connectivity index (χ1n) is 9.62. The van der Waals surface area contributed by atoms with Gasteiger partial charge in [0.25, 0.3) is 6.20 Å². The monoisotopic (exact) mass is 506 g/mol. The lowest BCUT2D eigenvalue weighted by molar-refractivity contribution is -0.404. The van der Waals surface area contributed by atoms with Crippen LogP contribution in [-0.4, -0.2) is 92.1 Å². The predicted molar refractivity (Wildman–Crippen MR) is 121 cm³/mol. The van der Waals surface area contributed by atoms with Crippen molar-refractivity contribution in [2.75, 3.05) is 33.4 Å². The maximum absolute atomic E-state index is 10.3. The fourth-order valence-electron chi connectivity index (χ4n) is 2.32. The molecule has 1 aromatic heterocycles. The van der Waals surface area contributed by atoms with Crippen molar-refractivity contribution in [1.29, 1.82) is 0 Å². The second-order valence-corrected chi connectivity index (χ2v) is 8.59. The summed E-state index contributed by atoms with van der Waals surface area (Å²) in [5.41, 5.74) is 2.75. The summed E-state index contributed by atoms with van der Waals surface area (Å²) in [4.78, 5) is 44.3. The van der Waals surface area contributed by atoms with Crippen LogP contribution in [0, 0.1) is 16.0 Å². The molecule has 0 radical (unpaired) electrons. The molecule has 6 N–H and O–H groups in total. The predicted octanol–water partition coefficient (Wildman–Crippen LogP) is 0.148. The zero-order valence-electron chi connectivity index (χ0n) is 19.2. The summed E-state index contributed by atoms with van der Waals surface area (Å²) in [6, 6.07) is 3.97. The molecule has 192 valence electrons.